The second-order valence-corrected chi connectivity index (χ2v) is 8.37. The summed E-state index contributed by atoms with van der Waals surface area (Å²) in [6.45, 7) is 0. The number of carbonyl (C=O) groups is 2. The van der Waals surface area contributed by atoms with Crippen LogP contribution in [0.15, 0.2) is 109 Å². The lowest BCUT2D eigenvalue weighted by atomic mass is 9.85. The molecule has 0 aromatic heterocycles. The number of rotatable bonds is 5. The molecule has 1 aliphatic heterocycles. The molecule has 0 saturated carbocycles. The molecule has 168 valence electrons. The standard InChI is InChI=1S/C32H23NO2/c1-2-23-13-15-26(16-14-23)31(24-9-5-3-6-10-24)32(25-11-7-4-8-12-25)27-17-19-28(20-18-27)33-29(34)21-22-30(33)35/h1,3-20H,21-22H2/b32-31-. The van der Waals surface area contributed by atoms with Crippen LogP contribution in [0.4, 0.5) is 5.69 Å². The number of anilines is 1. The van der Waals surface area contributed by atoms with E-state index in [9.17, 15) is 9.59 Å². The van der Waals surface area contributed by atoms with Crippen molar-refractivity contribution >= 4 is 28.6 Å². The minimum Gasteiger partial charge on any atom is -0.274 e. The van der Waals surface area contributed by atoms with Crippen LogP contribution in [0.1, 0.15) is 40.7 Å². The minimum atomic E-state index is -0.153. The van der Waals surface area contributed by atoms with Crippen molar-refractivity contribution in [3.8, 4) is 12.3 Å². The predicted molar refractivity (Wildman–Crippen MR) is 140 cm³/mol. The summed E-state index contributed by atoms with van der Waals surface area (Å²) in [5.41, 5.74) is 7.72. The lowest BCUT2D eigenvalue weighted by Crippen LogP contribution is -2.28. The van der Waals surface area contributed by atoms with E-state index in [-0.39, 0.29) is 24.7 Å². The largest absolute Gasteiger partial charge is 0.274 e. The van der Waals surface area contributed by atoms with E-state index < -0.39 is 0 Å². The van der Waals surface area contributed by atoms with E-state index in [1.165, 1.54) is 4.90 Å². The van der Waals surface area contributed by atoms with Crippen molar-refractivity contribution in [3.05, 3.63) is 137 Å². The molecule has 5 rings (SSSR count). The molecule has 1 heterocycles. The highest BCUT2D eigenvalue weighted by Gasteiger charge is 2.30. The third-order valence-electron chi connectivity index (χ3n) is 6.18. The minimum absolute atomic E-state index is 0.153. The van der Waals surface area contributed by atoms with Gasteiger partial charge in [-0.05, 0) is 57.7 Å². The van der Waals surface area contributed by atoms with Crippen LogP contribution in [0.5, 0.6) is 0 Å². The number of hydrogen-bond donors (Lipinski definition) is 0. The zero-order valence-corrected chi connectivity index (χ0v) is 19.1. The number of carbonyl (C=O) groups excluding carboxylic acids is 2. The zero-order valence-electron chi connectivity index (χ0n) is 19.1. The van der Waals surface area contributed by atoms with Gasteiger partial charge in [0.15, 0.2) is 0 Å². The third-order valence-corrected chi connectivity index (χ3v) is 6.18. The summed E-state index contributed by atoms with van der Waals surface area (Å²) < 4.78 is 0. The Morgan fingerprint density at radius 2 is 0.971 bits per heavy atom. The number of hydrogen-bond acceptors (Lipinski definition) is 2. The summed E-state index contributed by atoms with van der Waals surface area (Å²) in [4.78, 5) is 25.8. The predicted octanol–water partition coefficient (Wildman–Crippen LogP) is 6.33. The number of amides is 2. The highest BCUT2D eigenvalue weighted by molar-refractivity contribution is 6.19. The number of imide groups is 1. The first-order valence-electron chi connectivity index (χ1n) is 11.5. The molecule has 2 amide bonds. The Morgan fingerprint density at radius 3 is 1.40 bits per heavy atom. The summed E-state index contributed by atoms with van der Waals surface area (Å²) in [5.74, 6) is 2.38. The number of terminal acetylenes is 1. The molecule has 1 aliphatic rings. The van der Waals surface area contributed by atoms with Gasteiger partial charge in [-0.3, -0.25) is 14.5 Å². The summed E-state index contributed by atoms with van der Waals surface area (Å²) in [5, 5.41) is 0. The van der Waals surface area contributed by atoms with Crippen molar-refractivity contribution < 1.29 is 9.59 Å². The lowest BCUT2D eigenvalue weighted by molar-refractivity contribution is -0.121. The van der Waals surface area contributed by atoms with Crippen molar-refractivity contribution in [3.63, 3.8) is 0 Å². The maximum atomic E-state index is 12.2. The van der Waals surface area contributed by atoms with E-state index in [0.717, 1.165) is 39.0 Å². The van der Waals surface area contributed by atoms with Gasteiger partial charge in [-0.1, -0.05) is 90.8 Å². The zero-order chi connectivity index (χ0) is 24.2. The van der Waals surface area contributed by atoms with Crippen LogP contribution in [0.3, 0.4) is 0 Å². The molecule has 0 radical (unpaired) electrons. The molecule has 4 aromatic rings. The highest BCUT2D eigenvalue weighted by atomic mass is 16.2. The molecule has 0 bridgehead atoms. The van der Waals surface area contributed by atoms with Gasteiger partial charge in [0, 0.05) is 18.4 Å². The van der Waals surface area contributed by atoms with Gasteiger partial charge in [-0.15, -0.1) is 6.42 Å². The molecule has 1 saturated heterocycles. The molecular weight excluding hydrogens is 430 g/mol. The first-order valence-corrected chi connectivity index (χ1v) is 11.5. The van der Waals surface area contributed by atoms with Crippen LogP contribution in [0.25, 0.3) is 11.1 Å². The van der Waals surface area contributed by atoms with Crippen molar-refractivity contribution in [2.75, 3.05) is 4.90 Å². The van der Waals surface area contributed by atoms with E-state index in [4.69, 9.17) is 6.42 Å². The molecule has 0 spiro atoms. The molecular formula is C32H23NO2. The van der Waals surface area contributed by atoms with Crippen LogP contribution in [0.2, 0.25) is 0 Å². The average molecular weight is 454 g/mol. The Bertz CT molecular complexity index is 1430. The van der Waals surface area contributed by atoms with Crippen molar-refractivity contribution in [1.82, 2.24) is 0 Å². The van der Waals surface area contributed by atoms with Crippen LogP contribution in [-0.4, -0.2) is 11.8 Å². The monoisotopic (exact) mass is 453 g/mol. The van der Waals surface area contributed by atoms with Crippen LogP contribution < -0.4 is 4.90 Å². The number of benzene rings is 4. The van der Waals surface area contributed by atoms with Crippen LogP contribution >= 0.6 is 0 Å². The van der Waals surface area contributed by atoms with Gasteiger partial charge in [-0.2, -0.15) is 0 Å². The average Bonchev–Trinajstić information content (AvgIpc) is 3.26. The van der Waals surface area contributed by atoms with E-state index in [1.807, 2.05) is 72.8 Å². The summed E-state index contributed by atoms with van der Waals surface area (Å²) in [6, 6.07) is 36.2. The van der Waals surface area contributed by atoms with Crippen molar-refractivity contribution in [2.24, 2.45) is 0 Å². The molecule has 1 fully saturated rings. The molecule has 3 nitrogen and oxygen atoms in total. The quantitative estimate of drug-likeness (QED) is 0.201. The first-order chi connectivity index (χ1) is 17.2. The summed E-state index contributed by atoms with van der Waals surface area (Å²) in [7, 11) is 0. The van der Waals surface area contributed by atoms with Gasteiger partial charge >= 0.3 is 0 Å². The topological polar surface area (TPSA) is 37.4 Å². The Labute approximate surface area is 205 Å². The molecule has 4 aromatic carbocycles. The normalized spacial score (nSPS) is 14.0. The molecule has 0 N–H and O–H groups in total. The van der Waals surface area contributed by atoms with Gasteiger partial charge in [0.25, 0.3) is 0 Å². The molecule has 0 aliphatic carbocycles. The SMILES string of the molecule is C#Cc1ccc(/C(=C(/c2ccccc2)c2ccc(N3C(=O)CCC3=O)cc2)c2ccccc2)cc1. The van der Waals surface area contributed by atoms with Gasteiger partial charge in [0.05, 0.1) is 5.69 Å². The fraction of sp³-hybridized carbons (Fsp3) is 0.0625. The fourth-order valence-corrected chi connectivity index (χ4v) is 4.50. The van der Waals surface area contributed by atoms with E-state index in [1.54, 1.807) is 0 Å². The van der Waals surface area contributed by atoms with Gasteiger partial charge < -0.3 is 0 Å². The lowest BCUT2D eigenvalue weighted by Gasteiger charge is -2.19. The number of nitrogens with zero attached hydrogens (tertiary/aromatic N) is 1. The molecule has 0 atom stereocenters. The van der Waals surface area contributed by atoms with Crippen molar-refractivity contribution in [2.45, 2.75) is 12.8 Å². The third kappa shape index (κ3) is 4.43. The van der Waals surface area contributed by atoms with E-state index in [0.29, 0.717) is 5.69 Å². The van der Waals surface area contributed by atoms with Gasteiger partial charge in [0.1, 0.15) is 0 Å². The van der Waals surface area contributed by atoms with Gasteiger partial charge in [-0.25, -0.2) is 0 Å². The molecule has 0 unspecified atom stereocenters. The second-order valence-electron chi connectivity index (χ2n) is 8.37. The molecule has 35 heavy (non-hydrogen) atoms. The first kappa shape index (κ1) is 22.1. The van der Waals surface area contributed by atoms with Crippen molar-refractivity contribution in [1.29, 1.82) is 0 Å². The van der Waals surface area contributed by atoms with Gasteiger partial charge in [0.2, 0.25) is 11.8 Å². The van der Waals surface area contributed by atoms with Crippen LogP contribution in [-0.2, 0) is 9.59 Å². The van der Waals surface area contributed by atoms with Crippen LogP contribution in [0, 0.1) is 12.3 Å². The highest BCUT2D eigenvalue weighted by Crippen LogP contribution is 2.37. The Kier molecular flexibility index (Phi) is 6.11. The Morgan fingerprint density at radius 1 is 0.571 bits per heavy atom. The smallest absolute Gasteiger partial charge is 0.234 e. The fourth-order valence-electron chi connectivity index (χ4n) is 4.50. The van der Waals surface area contributed by atoms with E-state index in [2.05, 4.69) is 42.3 Å². The van der Waals surface area contributed by atoms with E-state index >= 15 is 0 Å². The summed E-state index contributed by atoms with van der Waals surface area (Å²) >= 11 is 0. The molecule has 3 heteroatoms. The second kappa shape index (κ2) is 9.67. The maximum absolute atomic E-state index is 12.2. The summed E-state index contributed by atoms with van der Waals surface area (Å²) in [6.07, 6.45) is 6.13. The Hall–Kier alpha value is -4.68. The Balaban J connectivity index is 1.74. The maximum Gasteiger partial charge on any atom is 0.234 e.